The SMILES string of the molecule is Cc1ccc2nc(NC(=O)NC[C@]3(C)CN4CCC45CC53)cnc2c1. The lowest BCUT2D eigenvalue weighted by molar-refractivity contribution is 0.0859. The van der Waals surface area contributed by atoms with Crippen LogP contribution in [0, 0.1) is 18.3 Å². The fourth-order valence-electron chi connectivity index (χ4n) is 4.96. The molecule has 2 N–H and O–H groups in total. The van der Waals surface area contributed by atoms with E-state index in [-0.39, 0.29) is 11.4 Å². The molecule has 5 rings (SSSR count). The summed E-state index contributed by atoms with van der Waals surface area (Å²) in [7, 11) is 0. The highest BCUT2D eigenvalue weighted by atomic mass is 16.2. The zero-order valence-electron chi connectivity index (χ0n) is 14.7. The molecular weight excluding hydrogens is 314 g/mol. The number of piperidine rings is 1. The molecule has 2 unspecified atom stereocenters. The minimum absolute atomic E-state index is 0.195. The van der Waals surface area contributed by atoms with Gasteiger partial charge in [-0.25, -0.2) is 9.78 Å². The first kappa shape index (κ1) is 15.1. The summed E-state index contributed by atoms with van der Waals surface area (Å²) >= 11 is 0. The van der Waals surface area contributed by atoms with Crippen molar-refractivity contribution < 1.29 is 4.79 Å². The van der Waals surface area contributed by atoms with E-state index in [0.717, 1.165) is 29.1 Å². The Hall–Kier alpha value is -2.21. The van der Waals surface area contributed by atoms with Crippen molar-refractivity contribution in [2.75, 3.05) is 25.0 Å². The molecular formula is C19H23N5O. The van der Waals surface area contributed by atoms with Crippen LogP contribution in [0.1, 0.15) is 25.3 Å². The van der Waals surface area contributed by atoms with Gasteiger partial charge in [-0.3, -0.25) is 15.2 Å². The zero-order valence-corrected chi connectivity index (χ0v) is 14.7. The minimum atomic E-state index is -0.203. The molecule has 25 heavy (non-hydrogen) atoms. The molecule has 3 heterocycles. The summed E-state index contributed by atoms with van der Waals surface area (Å²) in [4.78, 5) is 23.7. The van der Waals surface area contributed by atoms with Gasteiger partial charge < -0.3 is 5.32 Å². The third-order valence-corrected chi connectivity index (χ3v) is 6.48. The lowest BCUT2D eigenvalue weighted by atomic mass is 9.85. The van der Waals surface area contributed by atoms with Crippen molar-refractivity contribution in [2.24, 2.45) is 11.3 Å². The van der Waals surface area contributed by atoms with Crippen molar-refractivity contribution in [1.82, 2.24) is 20.2 Å². The second-order valence-corrected chi connectivity index (χ2v) is 8.24. The van der Waals surface area contributed by atoms with E-state index in [0.29, 0.717) is 17.9 Å². The van der Waals surface area contributed by atoms with Crippen LogP contribution in [0.2, 0.25) is 0 Å². The van der Waals surface area contributed by atoms with Gasteiger partial charge in [0.2, 0.25) is 0 Å². The summed E-state index contributed by atoms with van der Waals surface area (Å²) < 4.78 is 0. The van der Waals surface area contributed by atoms with Crippen LogP contribution in [0.15, 0.2) is 24.4 Å². The molecule has 6 nitrogen and oxygen atoms in total. The van der Waals surface area contributed by atoms with E-state index in [1.165, 1.54) is 19.4 Å². The number of nitrogens with zero attached hydrogens (tertiary/aromatic N) is 3. The van der Waals surface area contributed by atoms with Gasteiger partial charge in [-0.2, -0.15) is 0 Å². The lowest BCUT2D eigenvalue weighted by Gasteiger charge is -2.39. The standard InChI is InChI=1S/C19H23N5O/c1-12-3-4-13-14(7-12)20-9-16(22-13)23-17(25)21-10-18(2)11-24-6-5-19(24)8-15(18)19/h3-4,7,9,15H,5-6,8,10-11H2,1-2H3,(H2,21,22,23,25)/t15?,18-,19?/m1/s1. The smallest absolute Gasteiger partial charge is 0.320 e. The number of rotatable bonds is 3. The second kappa shape index (κ2) is 4.91. The molecule has 1 spiro atoms. The molecule has 3 atom stereocenters. The van der Waals surface area contributed by atoms with Gasteiger partial charge in [0.25, 0.3) is 0 Å². The zero-order chi connectivity index (χ0) is 17.2. The largest absolute Gasteiger partial charge is 0.337 e. The van der Waals surface area contributed by atoms with Crippen LogP contribution in [0.3, 0.4) is 0 Å². The van der Waals surface area contributed by atoms with Crippen LogP contribution >= 0.6 is 0 Å². The Kier molecular flexibility index (Phi) is 2.96. The number of hydrogen-bond acceptors (Lipinski definition) is 4. The van der Waals surface area contributed by atoms with Crippen LogP contribution in [0.4, 0.5) is 10.6 Å². The topological polar surface area (TPSA) is 70.2 Å². The lowest BCUT2D eigenvalue weighted by Crippen LogP contribution is -2.49. The fourth-order valence-corrected chi connectivity index (χ4v) is 4.96. The number of hydrogen-bond donors (Lipinski definition) is 2. The Bertz CT molecular complexity index is 883. The molecule has 3 aliphatic rings. The van der Waals surface area contributed by atoms with E-state index in [2.05, 4.69) is 32.4 Å². The van der Waals surface area contributed by atoms with E-state index in [1.54, 1.807) is 6.20 Å². The van der Waals surface area contributed by atoms with E-state index >= 15 is 0 Å². The van der Waals surface area contributed by atoms with Gasteiger partial charge >= 0.3 is 6.03 Å². The first-order valence-corrected chi connectivity index (χ1v) is 9.02. The number of aryl methyl sites for hydroxylation is 1. The van der Waals surface area contributed by atoms with Gasteiger partial charge in [0.15, 0.2) is 5.82 Å². The number of carbonyl (C=O) groups is 1. The Balaban J connectivity index is 1.23. The molecule has 2 aromatic rings. The summed E-state index contributed by atoms with van der Waals surface area (Å²) in [5, 5.41) is 5.87. The van der Waals surface area contributed by atoms with Crippen molar-refractivity contribution >= 4 is 22.9 Å². The fraction of sp³-hybridized carbons (Fsp3) is 0.526. The molecule has 2 aliphatic heterocycles. The highest BCUT2D eigenvalue weighted by molar-refractivity contribution is 5.89. The Morgan fingerprint density at radius 2 is 2.28 bits per heavy atom. The predicted octanol–water partition coefficient (Wildman–Crippen LogP) is 2.54. The maximum absolute atomic E-state index is 12.3. The van der Waals surface area contributed by atoms with Gasteiger partial charge in [0.1, 0.15) is 0 Å². The highest BCUT2D eigenvalue weighted by Gasteiger charge is 2.73. The molecule has 1 saturated carbocycles. The summed E-state index contributed by atoms with van der Waals surface area (Å²) in [5.74, 6) is 1.23. The van der Waals surface area contributed by atoms with E-state index in [9.17, 15) is 4.79 Å². The Morgan fingerprint density at radius 1 is 1.40 bits per heavy atom. The maximum atomic E-state index is 12.3. The van der Waals surface area contributed by atoms with E-state index in [4.69, 9.17) is 0 Å². The number of anilines is 1. The number of benzene rings is 1. The summed E-state index contributed by atoms with van der Waals surface area (Å²) in [6, 6.07) is 5.71. The van der Waals surface area contributed by atoms with E-state index in [1.807, 2.05) is 25.1 Å². The number of amides is 2. The molecule has 2 saturated heterocycles. The van der Waals surface area contributed by atoms with E-state index < -0.39 is 0 Å². The molecule has 130 valence electrons. The van der Waals surface area contributed by atoms with Crippen LogP contribution in [0.25, 0.3) is 11.0 Å². The molecule has 0 bridgehead atoms. The first-order valence-electron chi connectivity index (χ1n) is 9.02. The van der Waals surface area contributed by atoms with Crippen LogP contribution in [-0.4, -0.2) is 46.1 Å². The van der Waals surface area contributed by atoms with Gasteiger partial charge in [0.05, 0.1) is 17.2 Å². The van der Waals surface area contributed by atoms with Gasteiger partial charge in [-0.05, 0) is 43.4 Å². The van der Waals surface area contributed by atoms with Gasteiger partial charge in [-0.1, -0.05) is 13.0 Å². The van der Waals surface area contributed by atoms with Crippen LogP contribution in [0.5, 0.6) is 0 Å². The average molecular weight is 337 g/mol. The molecule has 1 aromatic heterocycles. The quantitative estimate of drug-likeness (QED) is 0.903. The Morgan fingerprint density at radius 3 is 2.96 bits per heavy atom. The molecule has 1 aliphatic carbocycles. The van der Waals surface area contributed by atoms with Gasteiger partial charge in [0, 0.05) is 30.6 Å². The Labute approximate surface area is 147 Å². The number of aromatic nitrogens is 2. The van der Waals surface area contributed by atoms with Crippen molar-refractivity contribution in [3.63, 3.8) is 0 Å². The van der Waals surface area contributed by atoms with Crippen molar-refractivity contribution in [2.45, 2.75) is 32.2 Å². The van der Waals surface area contributed by atoms with Crippen LogP contribution in [-0.2, 0) is 0 Å². The van der Waals surface area contributed by atoms with Crippen molar-refractivity contribution in [3.8, 4) is 0 Å². The molecule has 3 fully saturated rings. The molecule has 0 radical (unpaired) electrons. The minimum Gasteiger partial charge on any atom is -0.337 e. The average Bonchev–Trinajstić information content (AvgIpc) is 3.33. The third kappa shape index (κ3) is 2.24. The van der Waals surface area contributed by atoms with Gasteiger partial charge in [-0.15, -0.1) is 0 Å². The summed E-state index contributed by atoms with van der Waals surface area (Å²) in [6.07, 6.45) is 4.26. The number of nitrogens with one attached hydrogen (secondary N) is 2. The number of urea groups is 1. The highest BCUT2D eigenvalue weighted by Crippen LogP contribution is 2.69. The van der Waals surface area contributed by atoms with Crippen LogP contribution < -0.4 is 10.6 Å². The monoisotopic (exact) mass is 337 g/mol. The number of carbonyl (C=O) groups excluding carboxylic acids is 1. The summed E-state index contributed by atoms with van der Waals surface area (Å²) in [6.45, 7) is 7.37. The maximum Gasteiger partial charge on any atom is 0.320 e. The summed E-state index contributed by atoms with van der Waals surface area (Å²) in [5.41, 5.74) is 3.48. The molecule has 1 aromatic carbocycles. The third-order valence-electron chi connectivity index (χ3n) is 6.48. The molecule has 2 amide bonds. The first-order chi connectivity index (χ1) is 12.0. The molecule has 6 heteroatoms. The number of fused-ring (bicyclic) bond motifs is 1. The second-order valence-electron chi connectivity index (χ2n) is 8.24. The normalized spacial score (nSPS) is 32.6. The van der Waals surface area contributed by atoms with Crippen molar-refractivity contribution in [3.05, 3.63) is 30.0 Å². The predicted molar refractivity (Wildman–Crippen MR) is 96.4 cm³/mol. The van der Waals surface area contributed by atoms with Crippen molar-refractivity contribution in [1.29, 1.82) is 0 Å².